The van der Waals surface area contributed by atoms with E-state index in [9.17, 15) is 4.79 Å². The van der Waals surface area contributed by atoms with Crippen LogP contribution in [-0.2, 0) is 0 Å². The lowest BCUT2D eigenvalue weighted by molar-refractivity contribution is -0.0355. The average molecular weight is 257 g/mol. The van der Waals surface area contributed by atoms with Crippen molar-refractivity contribution in [1.29, 1.82) is 0 Å². The molecule has 4 heteroatoms. The topological polar surface area (TPSA) is 68.9 Å². The number of ketones is 1. The summed E-state index contributed by atoms with van der Waals surface area (Å²) in [5.41, 5.74) is 6.08. The van der Waals surface area contributed by atoms with Gasteiger partial charge in [-0.15, -0.1) is 0 Å². The van der Waals surface area contributed by atoms with Crippen LogP contribution in [0.4, 0.5) is 5.82 Å². The summed E-state index contributed by atoms with van der Waals surface area (Å²) in [5.74, 6) is 2.73. The van der Waals surface area contributed by atoms with Crippen LogP contribution >= 0.6 is 0 Å². The summed E-state index contributed by atoms with van der Waals surface area (Å²) in [4.78, 5) is 21.2. The highest BCUT2D eigenvalue weighted by atomic mass is 16.1. The number of carbonyl (C=O) groups is 1. The third-order valence-corrected chi connectivity index (χ3v) is 5.46. The van der Waals surface area contributed by atoms with Crippen LogP contribution in [0.2, 0.25) is 0 Å². The first-order valence-corrected chi connectivity index (χ1v) is 7.27. The molecule has 1 aromatic rings. The van der Waals surface area contributed by atoms with Gasteiger partial charge in [0.25, 0.3) is 0 Å². The number of nitrogen functional groups attached to an aromatic ring is 1. The van der Waals surface area contributed by atoms with Gasteiger partial charge in [-0.25, -0.2) is 9.97 Å². The largest absolute Gasteiger partial charge is 0.382 e. The number of hydrogen-bond donors (Lipinski definition) is 1. The summed E-state index contributed by atoms with van der Waals surface area (Å²) in [6, 6.07) is 0. The third kappa shape index (κ3) is 1.62. The van der Waals surface area contributed by atoms with Gasteiger partial charge in [-0.05, 0) is 56.3 Å². The minimum absolute atomic E-state index is 0.164. The highest BCUT2D eigenvalue weighted by Gasteiger charge is 2.55. The van der Waals surface area contributed by atoms with Gasteiger partial charge in [0, 0.05) is 17.8 Å². The highest BCUT2D eigenvalue weighted by Crippen LogP contribution is 2.60. The molecule has 0 amide bonds. The van der Waals surface area contributed by atoms with Gasteiger partial charge in [0.15, 0.2) is 11.6 Å². The van der Waals surface area contributed by atoms with E-state index in [-0.39, 0.29) is 11.2 Å². The number of nitrogens with zero attached hydrogens (tertiary/aromatic N) is 2. The number of nitrogens with two attached hydrogens (primary N) is 1. The van der Waals surface area contributed by atoms with E-state index < -0.39 is 0 Å². The molecule has 0 radical (unpaired) electrons. The van der Waals surface area contributed by atoms with Gasteiger partial charge in [-0.1, -0.05) is 0 Å². The van der Waals surface area contributed by atoms with Crippen molar-refractivity contribution in [2.45, 2.75) is 38.5 Å². The Morgan fingerprint density at radius 1 is 1.05 bits per heavy atom. The van der Waals surface area contributed by atoms with Crippen molar-refractivity contribution >= 4 is 11.6 Å². The Hall–Kier alpha value is -1.45. The molecule has 4 fully saturated rings. The van der Waals surface area contributed by atoms with Crippen molar-refractivity contribution in [2.75, 3.05) is 5.73 Å². The first-order valence-electron chi connectivity index (χ1n) is 7.27. The minimum Gasteiger partial charge on any atom is -0.382 e. The van der Waals surface area contributed by atoms with Gasteiger partial charge in [0.1, 0.15) is 5.69 Å². The molecular weight excluding hydrogens is 238 g/mol. The maximum Gasteiger partial charge on any atom is 0.191 e. The van der Waals surface area contributed by atoms with Gasteiger partial charge in [-0.3, -0.25) is 4.79 Å². The van der Waals surface area contributed by atoms with E-state index in [1.54, 1.807) is 12.4 Å². The molecule has 4 bridgehead atoms. The maximum atomic E-state index is 12.9. The molecule has 19 heavy (non-hydrogen) atoms. The Balaban J connectivity index is 1.72. The Morgan fingerprint density at radius 2 is 1.58 bits per heavy atom. The average Bonchev–Trinajstić information content (AvgIpc) is 2.37. The SMILES string of the molecule is Nc1nccnc1C(=O)C12CC3CC(CC(C3)C1)C2. The van der Waals surface area contributed by atoms with Crippen LogP contribution in [0.5, 0.6) is 0 Å². The lowest BCUT2D eigenvalue weighted by atomic mass is 9.48. The molecule has 100 valence electrons. The number of carbonyl (C=O) groups excluding carboxylic acids is 1. The maximum absolute atomic E-state index is 12.9. The lowest BCUT2D eigenvalue weighted by Crippen LogP contribution is -2.50. The Bertz CT molecular complexity index is 505. The van der Waals surface area contributed by atoms with E-state index in [4.69, 9.17) is 5.73 Å². The van der Waals surface area contributed by atoms with Gasteiger partial charge >= 0.3 is 0 Å². The molecule has 4 saturated carbocycles. The number of aromatic nitrogens is 2. The van der Waals surface area contributed by atoms with Crippen LogP contribution in [-0.4, -0.2) is 15.8 Å². The predicted octanol–water partition coefficient (Wildman–Crippen LogP) is 2.46. The summed E-state index contributed by atoms with van der Waals surface area (Å²) < 4.78 is 0. The normalized spacial score (nSPS) is 39.5. The Morgan fingerprint density at radius 3 is 2.11 bits per heavy atom. The summed E-state index contributed by atoms with van der Waals surface area (Å²) in [6.45, 7) is 0. The van der Waals surface area contributed by atoms with Crippen LogP contribution in [0.15, 0.2) is 12.4 Å². The van der Waals surface area contributed by atoms with E-state index in [0.29, 0.717) is 11.5 Å². The Kier molecular flexibility index (Phi) is 2.26. The molecule has 2 N–H and O–H groups in total. The molecule has 0 unspecified atom stereocenters. The van der Waals surface area contributed by atoms with Crippen LogP contribution in [0, 0.1) is 23.2 Å². The number of rotatable bonds is 2. The zero-order valence-electron chi connectivity index (χ0n) is 11.0. The first-order chi connectivity index (χ1) is 9.16. The summed E-state index contributed by atoms with van der Waals surface area (Å²) in [5, 5.41) is 0. The fourth-order valence-corrected chi connectivity index (χ4v) is 5.16. The lowest BCUT2D eigenvalue weighted by Gasteiger charge is -2.55. The summed E-state index contributed by atoms with van der Waals surface area (Å²) in [6.07, 6.45) is 10.3. The predicted molar refractivity (Wildman–Crippen MR) is 71.4 cm³/mol. The van der Waals surface area contributed by atoms with Crippen molar-refractivity contribution < 1.29 is 4.79 Å². The smallest absolute Gasteiger partial charge is 0.191 e. The van der Waals surface area contributed by atoms with Crippen molar-refractivity contribution in [3.05, 3.63) is 18.1 Å². The zero-order chi connectivity index (χ0) is 13.0. The molecule has 4 aliphatic carbocycles. The van der Waals surface area contributed by atoms with Crippen LogP contribution in [0.3, 0.4) is 0 Å². The zero-order valence-corrected chi connectivity index (χ0v) is 11.0. The molecule has 0 aliphatic heterocycles. The van der Waals surface area contributed by atoms with Crippen LogP contribution < -0.4 is 5.73 Å². The second-order valence-electron chi connectivity index (χ2n) is 6.82. The van der Waals surface area contributed by atoms with Gasteiger partial charge in [0.05, 0.1) is 0 Å². The van der Waals surface area contributed by atoms with E-state index in [1.807, 2.05) is 0 Å². The number of hydrogen-bond acceptors (Lipinski definition) is 4. The summed E-state index contributed by atoms with van der Waals surface area (Å²) in [7, 11) is 0. The standard InChI is InChI=1S/C15H19N3O/c16-14-12(17-1-2-18-14)13(19)15-6-9-3-10(7-15)5-11(4-9)8-15/h1-2,9-11H,3-8H2,(H2,16,18). The van der Waals surface area contributed by atoms with E-state index in [0.717, 1.165) is 37.0 Å². The van der Waals surface area contributed by atoms with Crippen LogP contribution in [0.25, 0.3) is 0 Å². The van der Waals surface area contributed by atoms with E-state index in [1.165, 1.54) is 19.3 Å². The fraction of sp³-hybridized carbons (Fsp3) is 0.667. The monoisotopic (exact) mass is 257 g/mol. The van der Waals surface area contributed by atoms with Crippen molar-refractivity contribution in [3.63, 3.8) is 0 Å². The molecule has 0 saturated heterocycles. The van der Waals surface area contributed by atoms with Gasteiger partial charge in [0.2, 0.25) is 0 Å². The molecule has 1 heterocycles. The highest BCUT2D eigenvalue weighted by molar-refractivity contribution is 6.02. The van der Waals surface area contributed by atoms with E-state index in [2.05, 4.69) is 9.97 Å². The quantitative estimate of drug-likeness (QED) is 0.826. The van der Waals surface area contributed by atoms with Gasteiger partial charge in [-0.2, -0.15) is 0 Å². The molecule has 0 aromatic carbocycles. The van der Waals surface area contributed by atoms with Crippen molar-refractivity contribution in [2.24, 2.45) is 23.2 Å². The molecule has 4 aliphatic rings. The second-order valence-corrected chi connectivity index (χ2v) is 6.82. The van der Waals surface area contributed by atoms with Crippen LogP contribution in [0.1, 0.15) is 49.0 Å². The van der Waals surface area contributed by atoms with Crippen molar-refractivity contribution in [1.82, 2.24) is 9.97 Å². The number of anilines is 1. The Labute approximate surface area is 112 Å². The van der Waals surface area contributed by atoms with E-state index >= 15 is 0 Å². The molecule has 0 spiro atoms. The second kappa shape index (κ2) is 3.78. The molecule has 5 rings (SSSR count). The minimum atomic E-state index is -0.168. The third-order valence-electron chi connectivity index (χ3n) is 5.46. The summed E-state index contributed by atoms with van der Waals surface area (Å²) >= 11 is 0. The molecular formula is C15H19N3O. The first kappa shape index (κ1) is 11.4. The molecule has 4 nitrogen and oxygen atoms in total. The van der Waals surface area contributed by atoms with Gasteiger partial charge < -0.3 is 5.73 Å². The molecule has 1 aromatic heterocycles. The number of Topliss-reactive ketones (excluding diaryl/α,β-unsaturated/α-hetero) is 1. The fourth-order valence-electron chi connectivity index (χ4n) is 5.16. The molecule has 0 atom stereocenters. The van der Waals surface area contributed by atoms with Crippen molar-refractivity contribution in [3.8, 4) is 0 Å².